The van der Waals surface area contributed by atoms with E-state index in [1.165, 1.54) is 57.2 Å². The van der Waals surface area contributed by atoms with Gasteiger partial charge in [0.1, 0.15) is 0 Å². The van der Waals surface area contributed by atoms with Gasteiger partial charge in [0.15, 0.2) is 0 Å². The highest BCUT2D eigenvalue weighted by Gasteiger charge is 2.31. The van der Waals surface area contributed by atoms with Crippen LogP contribution in [0.15, 0.2) is 16.8 Å². The monoisotopic (exact) mass is 294 g/mol. The van der Waals surface area contributed by atoms with Gasteiger partial charge < -0.3 is 10.2 Å². The van der Waals surface area contributed by atoms with Gasteiger partial charge in [0.05, 0.1) is 0 Å². The second kappa shape index (κ2) is 8.16. The van der Waals surface area contributed by atoms with Gasteiger partial charge in [-0.1, -0.05) is 32.6 Å². The molecular weight excluding hydrogens is 264 g/mol. The van der Waals surface area contributed by atoms with Crippen LogP contribution in [0.25, 0.3) is 0 Å². The molecule has 0 atom stereocenters. The van der Waals surface area contributed by atoms with Crippen LogP contribution in [0.4, 0.5) is 0 Å². The second-order valence-corrected chi connectivity index (χ2v) is 7.28. The molecule has 0 radical (unpaired) electrons. The van der Waals surface area contributed by atoms with Crippen LogP contribution in [0.2, 0.25) is 0 Å². The first-order valence-electron chi connectivity index (χ1n) is 8.14. The van der Waals surface area contributed by atoms with E-state index in [0.717, 1.165) is 13.1 Å². The Bertz CT molecular complexity index is 353. The summed E-state index contributed by atoms with van der Waals surface area (Å²) >= 11 is 1.80. The Labute approximate surface area is 128 Å². The molecule has 0 spiro atoms. The van der Waals surface area contributed by atoms with Crippen LogP contribution in [-0.2, 0) is 6.54 Å². The minimum atomic E-state index is 0.497. The van der Waals surface area contributed by atoms with Gasteiger partial charge in [-0.2, -0.15) is 11.3 Å². The molecule has 2 rings (SSSR count). The second-order valence-electron chi connectivity index (χ2n) is 6.50. The normalized spacial score (nSPS) is 19.1. The summed E-state index contributed by atoms with van der Waals surface area (Å²) in [6, 6.07) is 2.26. The summed E-state index contributed by atoms with van der Waals surface area (Å²) in [5.74, 6) is 0. The number of hydrogen-bond donors (Lipinski definition) is 1. The Balaban J connectivity index is 1.94. The van der Waals surface area contributed by atoms with Gasteiger partial charge in [0.2, 0.25) is 0 Å². The van der Waals surface area contributed by atoms with E-state index in [4.69, 9.17) is 0 Å². The molecule has 1 N–H and O–H groups in total. The molecule has 0 aliphatic heterocycles. The zero-order valence-electron chi connectivity index (χ0n) is 13.2. The summed E-state index contributed by atoms with van der Waals surface area (Å²) in [4.78, 5) is 2.53. The Morgan fingerprint density at radius 3 is 2.60 bits per heavy atom. The maximum Gasteiger partial charge on any atom is 0.0239 e. The zero-order valence-corrected chi connectivity index (χ0v) is 14.0. The van der Waals surface area contributed by atoms with Gasteiger partial charge in [0.25, 0.3) is 0 Å². The van der Waals surface area contributed by atoms with Gasteiger partial charge in [-0.25, -0.2) is 0 Å². The van der Waals surface area contributed by atoms with E-state index < -0.39 is 0 Å². The van der Waals surface area contributed by atoms with Crippen molar-refractivity contribution in [2.75, 3.05) is 26.7 Å². The number of hydrogen-bond acceptors (Lipinski definition) is 3. The molecule has 20 heavy (non-hydrogen) atoms. The first-order chi connectivity index (χ1) is 9.74. The molecule has 1 saturated carbocycles. The van der Waals surface area contributed by atoms with Crippen LogP contribution in [-0.4, -0.2) is 31.6 Å². The highest BCUT2D eigenvalue weighted by molar-refractivity contribution is 7.07. The van der Waals surface area contributed by atoms with E-state index in [1.54, 1.807) is 11.3 Å². The summed E-state index contributed by atoms with van der Waals surface area (Å²) in [7, 11) is 2.29. The minimum absolute atomic E-state index is 0.497. The predicted octanol–water partition coefficient (Wildman–Crippen LogP) is 4.13. The van der Waals surface area contributed by atoms with E-state index >= 15 is 0 Å². The smallest absolute Gasteiger partial charge is 0.0239 e. The maximum atomic E-state index is 3.63. The van der Waals surface area contributed by atoms with Gasteiger partial charge in [-0.3, -0.25) is 0 Å². The molecule has 0 unspecified atom stereocenters. The van der Waals surface area contributed by atoms with Gasteiger partial charge in [-0.15, -0.1) is 0 Å². The summed E-state index contributed by atoms with van der Waals surface area (Å²) in [6.45, 7) is 6.83. The van der Waals surface area contributed by atoms with Gasteiger partial charge >= 0.3 is 0 Å². The number of nitrogens with one attached hydrogen (secondary N) is 1. The third kappa shape index (κ3) is 4.87. The third-order valence-electron chi connectivity index (χ3n) is 4.55. The lowest BCUT2D eigenvalue weighted by molar-refractivity contribution is 0.142. The van der Waals surface area contributed by atoms with E-state index in [0.29, 0.717) is 5.41 Å². The summed E-state index contributed by atoms with van der Waals surface area (Å²) in [5, 5.41) is 8.09. The molecule has 1 heterocycles. The molecular formula is C17H30N2S. The standard InChI is InChI=1S/C17H30N2S/c1-3-18-14-17(9-6-4-5-7-10-17)15-19(2)12-16-8-11-20-13-16/h8,11,13,18H,3-7,9-10,12,14-15H2,1-2H3. The van der Waals surface area contributed by atoms with Crippen molar-refractivity contribution in [1.82, 2.24) is 10.2 Å². The molecule has 0 bridgehead atoms. The van der Waals surface area contributed by atoms with Crippen molar-refractivity contribution in [2.24, 2.45) is 5.41 Å². The fraction of sp³-hybridized carbons (Fsp3) is 0.765. The lowest BCUT2D eigenvalue weighted by atomic mass is 9.79. The predicted molar refractivity (Wildman–Crippen MR) is 89.3 cm³/mol. The van der Waals surface area contributed by atoms with Gasteiger partial charge in [0, 0.05) is 19.6 Å². The molecule has 114 valence electrons. The fourth-order valence-corrected chi connectivity index (χ4v) is 4.24. The van der Waals surface area contributed by atoms with E-state index in [1.807, 2.05) is 0 Å². The van der Waals surface area contributed by atoms with Crippen molar-refractivity contribution in [3.05, 3.63) is 22.4 Å². The van der Waals surface area contributed by atoms with Crippen LogP contribution in [0, 0.1) is 5.41 Å². The van der Waals surface area contributed by atoms with Crippen LogP contribution in [0.5, 0.6) is 0 Å². The molecule has 0 aromatic carbocycles. The summed E-state index contributed by atoms with van der Waals surface area (Å²) < 4.78 is 0. The first-order valence-corrected chi connectivity index (χ1v) is 9.09. The van der Waals surface area contributed by atoms with Crippen molar-refractivity contribution >= 4 is 11.3 Å². The van der Waals surface area contributed by atoms with Crippen molar-refractivity contribution < 1.29 is 0 Å². The third-order valence-corrected chi connectivity index (χ3v) is 5.28. The highest BCUT2D eigenvalue weighted by atomic mass is 32.1. The van der Waals surface area contributed by atoms with Crippen LogP contribution < -0.4 is 5.32 Å². The number of rotatable bonds is 7. The van der Waals surface area contributed by atoms with E-state index in [-0.39, 0.29) is 0 Å². The average molecular weight is 295 g/mol. The molecule has 2 nitrogen and oxygen atoms in total. The SMILES string of the molecule is CCNCC1(CN(C)Cc2ccsc2)CCCCCC1. The van der Waals surface area contributed by atoms with Crippen LogP contribution in [0.3, 0.4) is 0 Å². The number of nitrogens with zero attached hydrogens (tertiary/aromatic N) is 1. The zero-order chi connectivity index (χ0) is 14.3. The van der Waals surface area contributed by atoms with E-state index in [9.17, 15) is 0 Å². The quantitative estimate of drug-likeness (QED) is 0.761. The Morgan fingerprint density at radius 2 is 2.00 bits per heavy atom. The largest absolute Gasteiger partial charge is 0.316 e. The lowest BCUT2D eigenvalue weighted by Crippen LogP contribution is -2.42. The fourth-order valence-electron chi connectivity index (χ4n) is 3.58. The van der Waals surface area contributed by atoms with E-state index in [2.05, 4.69) is 41.0 Å². The van der Waals surface area contributed by atoms with Gasteiger partial charge in [-0.05, 0) is 54.2 Å². The number of thiophene rings is 1. The molecule has 0 saturated heterocycles. The lowest BCUT2D eigenvalue weighted by Gasteiger charge is -2.37. The van der Waals surface area contributed by atoms with Crippen molar-refractivity contribution in [1.29, 1.82) is 0 Å². The Kier molecular flexibility index (Phi) is 6.53. The summed E-state index contributed by atoms with van der Waals surface area (Å²) in [5.41, 5.74) is 1.96. The summed E-state index contributed by atoms with van der Waals surface area (Å²) in [6.07, 6.45) is 8.49. The van der Waals surface area contributed by atoms with Crippen molar-refractivity contribution in [3.8, 4) is 0 Å². The first kappa shape index (κ1) is 16.0. The topological polar surface area (TPSA) is 15.3 Å². The molecule has 1 fully saturated rings. The van der Waals surface area contributed by atoms with Crippen LogP contribution in [0.1, 0.15) is 51.0 Å². The Morgan fingerprint density at radius 1 is 1.25 bits per heavy atom. The molecule has 3 heteroatoms. The minimum Gasteiger partial charge on any atom is -0.316 e. The molecule has 1 aliphatic rings. The maximum absolute atomic E-state index is 3.63. The highest BCUT2D eigenvalue weighted by Crippen LogP contribution is 2.35. The van der Waals surface area contributed by atoms with Crippen molar-refractivity contribution in [3.63, 3.8) is 0 Å². The molecule has 1 aromatic heterocycles. The average Bonchev–Trinajstić information content (AvgIpc) is 2.82. The Hall–Kier alpha value is -0.380. The molecule has 1 aromatic rings. The molecule has 0 amide bonds. The van der Waals surface area contributed by atoms with Crippen molar-refractivity contribution in [2.45, 2.75) is 52.0 Å². The molecule has 1 aliphatic carbocycles. The van der Waals surface area contributed by atoms with Crippen LogP contribution >= 0.6 is 11.3 Å².